The zero-order valence-corrected chi connectivity index (χ0v) is 6.42. The lowest BCUT2D eigenvalue weighted by Crippen LogP contribution is -1.74. The Morgan fingerprint density at radius 1 is 1.67 bits per heavy atom. The monoisotopic (exact) mass is 150 g/mol. The lowest BCUT2D eigenvalue weighted by Gasteiger charge is -1.89. The van der Waals surface area contributed by atoms with Crippen molar-refractivity contribution < 1.29 is 4.39 Å². The Morgan fingerprint density at radius 3 is 2.78 bits per heavy atom. The number of halogens is 2. The minimum Gasteiger partial charge on any atom is -0.211 e. The van der Waals surface area contributed by atoms with Gasteiger partial charge in [0.25, 0.3) is 0 Å². The summed E-state index contributed by atoms with van der Waals surface area (Å²) in [4.78, 5) is 0. The third-order valence-electron chi connectivity index (χ3n) is 1.05. The van der Waals surface area contributed by atoms with Crippen LogP contribution in [0.3, 0.4) is 0 Å². The van der Waals surface area contributed by atoms with Crippen molar-refractivity contribution in [1.29, 1.82) is 0 Å². The topological polar surface area (TPSA) is 0 Å². The van der Waals surface area contributed by atoms with Crippen LogP contribution < -0.4 is 0 Å². The van der Waals surface area contributed by atoms with Crippen LogP contribution in [0.5, 0.6) is 0 Å². The molecule has 0 saturated carbocycles. The maximum atomic E-state index is 12.2. The van der Waals surface area contributed by atoms with Gasteiger partial charge in [0.15, 0.2) is 0 Å². The van der Waals surface area contributed by atoms with E-state index in [0.29, 0.717) is 0 Å². The van der Waals surface area contributed by atoms with Gasteiger partial charge in [-0.15, -0.1) is 11.6 Å². The Kier molecular flexibility index (Phi) is 6.06. The molecule has 0 fully saturated rings. The molecule has 0 unspecified atom stereocenters. The highest BCUT2D eigenvalue weighted by molar-refractivity contribution is 6.19. The van der Waals surface area contributed by atoms with Gasteiger partial charge < -0.3 is 0 Å². The quantitative estimate of drug-likeness (QED) is 0.426. The number of unbranched alkanes of at least 4 members (excludes halogenated alkanes) is 2. The van der Waals surface area contributed by atoms with Crippen LogP contribution in [0.4, 0.5) is 4.39 Å². The first-order valence-electron chi connectivity index (χ1n) is 3.21. The number of allylic oxidation sites excluding steroid dienone is 2. The smallest absolute Gasteiger partial charge is 0.111 e. The predicted octanol–water partition coefficient (Wildman–Crippen LogP) is 3.27. The average molecular weight is 151 g/mol. The van der Waals surface area contributed by atoms with Gasteiger partial charge >= 0.3 is 0 Å². The molecule has 0 bridgehead atoms. The zero-order chi connectivity index (χ0) is 7.11. The standard InChI is InChI=1S/C7H12ClF/c1-2-3-4-5-7(9)6-8/h5H,2-4,6H2,1H3/b7-5+. The molecule has 0 rings (SSSR count). The summed E-state index contributed by atoms with van der Waals surface area (Å²) in [6, 6.07) is 0. The summed E-state index contributed by atoms with van der Waals surface area (Å²) in [6.07, 6.45) is 4.52. The second-order valence-corrected chi connectivity index (χ2v) is 2.19. The summed E-state index contributed by atoms with van der Waals surface area (Å²) >= 11 is 5.19. The third-order valence-corrected chi connectivity index (χ3v) is 1.31. The molecule has 0 aromatic heterocycles. The van der Waals surface area contributed by atoms with Crippen LogP contribution in [-0.2, 0) is 0 Å². The molecule has 0 aromatic rings. The first-order chi connectivity index (χ1) is 4.31. The Morgan fingerprint density at radius 2 is 2.33 bits per heavy atom. The van der Waals surface area contributed by atoms with Crippen molar-refractivity contribution in [3.63, 3.8) is 0 Å². The number of alkyl halides is 1. The zero-order valence-electron chi connectivity index (χ0n) is 5.66. The van der Waals surface area contributed by atoms with E-state index in [1.54, 1.807) is 6.08 Å². The highest BCUT2D eigenvalue weighted by Crippen LogP contribution is 2.03. The number of hydrogen-bond donors (Lipinski definition) is 0. The fourth-order valence-electron chi connectivity index (χ4n) is 0.517. The van der Waals surface area contributed by atoms with Crippen molar-refractivity contribution in [3.8, 4) is 0 Å². The van der Waals surface area contributed by atoms with Crippen molar-refractivity contribution in [2.45, 2.75) is 26.2 Å². The van der Waals surface area contributed by atoms with Gasteiger partial charge in [-0.2, -0.15) is 0 Å². The van der Waals surface area contributed by atoms with Crippen LogP contribution >= 0.6 is 11.6 Å². The maximum Gasteiger partial charge on any atom is 0.111 e. The van der Waals surface area contributed by atoms with E-state index in [9.17, 15) is 4.39 Å². The molecule has 2 heteroatoms. The fraction of sp³-hybridized carbons (Fsp3) is 0.714. The molecule has 0 aliphatic carbocycles. The predicted molar refractivity (Wildman–Crippen MR) is 39.4 cm³/mol. The van der Waals surface area contributed by atoms with Gasteiger partial charge in [0.05, 0.1) is 5.88 Å². The second-order valence-electron chi connectivity index (χ2n) is 1.93. The lowest BCUT2D eigenvalue weighted by molar-refractivity contribution is 0.632. The highest BCUT2D eigenvalue weighted by atomic mass is 35.5. The van der Waals surface area contributed by atoms with Gasteiger partial charge in [0.1, 0.15) is 5.83 Å². The van der Waals surface area contributed by atoms with E-state index in [1.807, 2.05) is 0 Å². The molecule has 0 heterocycles. The Balaban J connectivity index is 3.21. The SMILES string of the molecule is CCCC/C=C(/F)CCl. The largest absolute Gasteiger partial charge is 0.211 e. The van der Waals surface area contributed by atoms with Gasteiger partial charge in [-0.05, 0) is 12.8 Å². The summed E-state index contributed by atoms with van der Waals surface area (Å²) in [5, 5.41) is 0. The molecule has 0 atom stereocenters. The van der Waals surface area contributed by atoms with E-state index >= 15 is 0 Å². The molecule has 0 nitrogen and oxygen atoms in total. The Hall–Kier alpha value is -0.0400. The molecule has 0 radical (unpaired) electrons. The molecule has 0 aliphatic rings. The molecular formula is C7H12ClF. The van der Waals surface area contributed by atoms with Crippen molar-refractivity contribution >= 4 is 11.6 Å². The minimum atomic E-state index is -0.204. The van der Waals surface area contributed by atoms with Gasteiger partial charge in [-0.3, -0.25) is 0 Å². The van der Waals surface area contributed by atoms with Gasteiger partial charge in [-0.25, -0.2) is 4.39 Å². The van der Waals surface area contributed by atoms with Gasteiger partial charge in [0, 0.05) is 0 Å². The Bertz CT molecular complexity index is 88.9. The summed E-state index contributed by atoms with van der Waals surface area (Å²) in [7, 11) is 0. The fourth-order valence-corrected chi connectivity index (χ4v) is 0.626. The molecular weight excluding hydrogens is 139 g/mol. The molecule has 0 N–H and O–H groups in total. The van der Waals surface area contributed by atoms with Crippen LogP contribution in [0.15, 0.2) is 11.9 Å². The molecule has 0 saturated heterocycles. The molecule has 0 aliphatic heterocycles. The summed E-state index contributed by atoms with van der Waals surface area (Å²) < 4.78 is 12.2. The average Bonchev–Trinajstić information content (AvgIpc) is 1.89. The highest BCUT2D eigenvalue weighted by Gasteiger charge is 1.87. The first-order valence-corrected chi connectivity index (χ1v) is 3.75. The number of hydrogen-bond acceptors (Lipinski definition) is 0. The maximum absolute atomic E-state index is 12.2. The van der Waals surface area contributed by atoms with Crippen molar-refractivity contribution in [2.24, 2.45) is 0 Å². The summed E-state index contributed by atoms with van der Waals surface area (Å²) in [5.74, 6) is -0.186. The molecule has 0 amide bonds. The summed E-state index contributed by atoms with van der Waals surface area (Å²) in [5.41, 5.74) is 0. The van der Waals surface area contributed by atoms with Crippen LogP contribution in [0.1, 0.15) is 26.2 Å². The lowest BCUT2D eigenvalue weighted by atomic mass is 10.2. The van der Waals surface area contributed by atoms with E-state index in [1.165, 1.54) is 0 Å². The van der Waals surface area contributed by atoms with Gasteiger partial charge in [0.2, 0.25) is 0 Å². The number of rotatable bonds is 4. The van der Waals surface area contributed by atoms with Crippen LogP contribution in [0.25, 0.3) is 0 Å². The molecule has 0 aromatic carbocycles. The second kappa shape index (κ2) is 6.09. The van der Waals surface area contributed by atoms with E-state index in [0.717, 1.165) is 19.3 Å². The van der Waals surface area contributed by atoms with Crippen LogP contribution in [0.2, 0.25) is 0 Å². The summed E-state index contributed by atoms with van der Waals surface area (Å²) in [6.45, 7) is 2.08. The van der Waals surface area contributed by atoms with Crippen molar-refractivity contribution in [2.75, 3.05) is 5.88 Å². The van der Waals surface area contributed by atoms with Crippen LogP contribution in [0, 0.1) is 0 Å². The normalized spacial score (nSPS) is 12.1. The third kappa shape index (κ3) is 5.84. The van der Waals surface area contributed by atoms with Crippen molar-refractivity contribution in [1.82, 2.24) is 0 Å². The molecule has 0 spiro atoms. The van der Waals surface area contributed by atoms with E-state index in [4.69, 9.17) is 11.6 Å². The van der Waals surface area contributed by atoms with Crippen LogP contribution in [-0.4, -0.2) is 5.88 Å². The molecule has 9 heavy (non-hydrogen) atoms. The Labute approximate surface area is 60.7 Å². The van der Waals surface area contributed by atoms with E-state index in [2.05, 4.69) is 6.92 Å². The minimum absolute atomic E-state index is 0.0176. The first kappa shape index (κ1) is 8.96. The molecule has 54 valence electrons. The van der Waals surface area contributed by atoms with E-state index in [-0.39, 0.29) is 11.7 Å². The van der Waals surface area contributed by atoms with Crippen molar-refractivity contribution in [3.05, 3.63) is 11.9 Å². The van der Waals surface area contributed by atoms with Gasteiger partial charge in [-0.1, -0.05) is 19.4 Å². The van der Waals surface area contributed by atoms with E-state index < -0.39 is 0 Å².